The molecule has 0 radical (unpaired) electrons. The Labute approximate surface area is 188 Å². The van der Waals surface area contributed by atoms with Gasteiger partial charge in [0, 0.05) is 37.1 Å². The molecular formula is C20H30IN5OS. The largest absolute Gasteiger partial charge is 0.357 e. The van der Waals surface area contributed by atoms with Crippen molar-refractivity contribution in [2.24, 2.45) is 10.9 Å². The minimum atomic E-state index is -0.0687. The van der Waals surface area contributed by atoms with Crippen LogP contribution in [0.25, 0.3) is 0 Å². The van der Waals surface area contributed by atoms with E-state index in [1.165, 1.54) is 4.88 Å². The van der Waals surface area contributed by atoms with Gasteiger partial charge in [-0.15, -0.1) is 35.3 Å². The summed E-state index contributed by atoms with van der Waals surface area (Å²) in [5.41, 5.74) is 1.06. The summed E-state index contributed by atoms with van der Waals surface area (Å²) in [6.07, 6.45) is 3.12. The van der Waals surface area contributed by atoms with Gasteiger partial charge in [-0.3, -0.25) is 9.79 Å². The van der Waals surface area contributed by atoms with Gasteiger partial charge in [0.25, 0.3) is 0 Å². The van der Waals surface area contributed by atoms with Crippen molar-refractivity contribution in [3.05, 3.63) is 46.3 Å². The molecule has 0 spiro atoms. The molecule has 2 rings (SSSR count). The maximum absolute atomic E-state index is 12.0. The second kappa shape index (κ2) is 13.5. The molecule has 2 aromatic heterocycles. The lowest BCUT2D eigenvalue weighted by Crippen LogP contribution is -2.39. The number of nitrogens with zero attached hydrogens (tertiary/aromatic N) is 2. The number of halogens is 1. The summed E-state index contributed by atoms with van der Waals surface area (Å²) in [4.78, 5) is 22.2. The molecular weight excluding hydrogens is 485 g/mol. The van der Waals surface area contributed by atoms with E-state index in [1.807, 2.05) is 19.9 Å². The standard InChI is InChI=1S/C20H29N5OS.HI/c1-4-21-20(24-14-16(3)12-17-6-5-11-27-17)22-10-9-19(26)25-18-8-7-15(2)13-23-18;/h5-8,11,13,16H,4,9-10,12,14H2,1-3H3,(H2,21,22,24)(H,23,25,26);1H. The van der Waals surface area contributed by atoms with E-state index in [9.17, 15) is 4.79 Å². The number of thiophene rings is 1. The molecule has 28 heavy (non-hydrogen) atoms. The second-order valence-corrected chi connectivity index (χ2v) is 7.59. The van der Waals surface area contributed by atoms with Crippen molar-refractivity contribution in [1.29, 1.82) is 0 Å². The van der Waals surface area contributed by atoms with Crippen LogP contribution in [0.5, 0.6) is 0 Å². The summed E-state index contributed by atoms with van der Waals surface area (Å²) in [5.74, 6) is 1.72. The molecule has 0 aliphatic heterocycles. The fraction of sp³-hybridized carbons (Fsp3) is 0.450. The number of anilines is 1. The van der Waals surface area contributed by atoms with Gasteiger partial charge in [0.1, 0.15) is 5.82 Å². The average molecular weight is 515 g/mol. The van der Waals surface area contributed by atoms with Crippen LogP contribution in [0.1, 0.15) is 30.7 Å². The Morgan fingerprint density at radius 3 is 2.75 bits per heavy atom. The number of hydrogen-bond donors (Lipinski definition) is 3. The molecule has 1 unspecified atom stereocenters. The molecule has 2 aromatic rings. The van der Waals surface area contributed by atoms with Gasteiger partial charge in [0.15, 0.2) is 5.96 Å². The highest BCUT2D eigenvalue weighted by molar-refractivity contribution is 14.0. The van der Waals surface area contributed by atoms with Crippen LogP contribution in [0, 0.1) is 12.8 Å². The van der Waals surface area contributed by atoms with Crippen LogP contribution in [0.4, 0.5) is 5.82 Å². The van der Waals surface area contributed by atoms with Gasteiger partial charge in [-0.1, -0.05) is 19.1 Å². The maximum atomic E-state index is 12.0. The number of aromatic nitrogens is 1. The van der Waals surface area contributed by atoms with E-state index in [1.54, 1.807) is 23.6 Å². The van der Waals surface area contributed by atoms with E-state index in [-0.39, 0.29) is 29.9 Å². The van der Waals surface area contributed by atoms with Crippen LogP contribution in [0.2, 0.25) is 0 Å². The maximum Gasteiger partial charge on any atom is 0.227 e. The fourth-order valence-electron chi connectivity index (χ4n) is 2.47. The number of aryl methyl sites for hydroxylation is 1. The molecule has 6 nitrogen and oxygen atoms in total. The number of hydrogen-bond acceptors (Lipinski definition) is 4. The quantitative estimate of drug-likeness (QED) is 0.270. The lowest BCUT2D eigenvalue weighted by Gasteiger charge is -2.13. The van der Waals surface area contributed by atoms with Crippen LogP contribution in [0.3, 0.4) is 0 Å². The van der Waals surface area contributed by atoms with Crippen LogP contribution < -0.4 is 16.0 Å². The van der Waals surface area contributed by atoms with Gasteiger partial charge in [0.2, 0.25) is 5.91 Å². The molecule has 8 heteroatoms. The van der Waals surface area contributed by atoms with E-state index in [4.69, 9.17) is 0 Å². The van der Waals surface area contributed by atoms with E-state index < -0.39 is 0 Å². The van der Waals surface area contributed by atoms with Crippen LogP contribution >= 0.6 is 35.3 Å². The molecule has 0 bridgehead atoms. The molecule has 0 aliphatic carbocycles. The Balaban J connectivity index is 0.00000392. The van der Waals surface area contributed by atoms with E-state index in [0.29, 0.717) is 24.7 Å². The summed E-state index contributed by atoms with van der Waals surface area (Å²) in [5, 5.41) is 11.4. The number of rotatable bonds is 9. The SMILES string of the molecule is CCNC(=NCC(C)Cc1cccs1)NCCC(=O)Nc1ccc(C)cn1.I. The third-order valence-corrected chi connectivity index (χ3v) is 4.76. The zero-order valence-electron chi connectivity index (χ0n) is 16.7. The van der Waals surface area contributed by atoms with Crippen molar-refractivity contribution in [3.8, 4) is 0 Å². The summed E-state index contributed by atoms with van der Waals surface area (Å²) in [7, 11) is 0. The number of pyridine rings is 1. The molecule has 0 aliphatic rings. The fourth-order valence-corrected chi connectivity index (χ4v) is 3.34. The van der Waals surface area contributed by atoms with Gasteiger partial charge in [-0.25, -0.2) is 4.98 Å². The lowest BCUT2D eigenvalue weighted by atomic mass is 10.1. The second-order valence-electron chi connectivity index (χ2n) is 6.55. The van der Waals surface area contributed by atoms with Crippen LogP contribution in [-0.2, 0) is 11.2 Å². The summed E-state index contributed by atoms with van der Waals surface area (Å²) >= 11 is 1.78. The molecule has 0 aromatic carbocycles. The summed E-state index contributed by atoms with van der Waals surface area (Å²) in [6.45, 7) is 8.24. The van der Waals surface area contributed by atoms with Crippen molar-refractivity contribution >= 4 is 53.0 Å². The first-order valence-electron chi connectivity index (χ1n) is 9.34. The molecule has 154 valence electrons. The monoisotopic (exact) mass is 515 g/mol. The Bertz CT molecular complexity index is 719. The highest BCUT2D eigenvalue weighted by atomic mass is 127. The minimum absolute atomic E-state index is 0. The Hall–Kier alpha value is -1.68. The Morgan fingerprint density at radius 2 is 2.11 bits per heavy atom. The van der Waals surface area contributed by atoms with E-state index in [0.717, 1.165) is 31.0 Å². The van der Waals surface area contributed by atoms with Gasteiger partial charge in [-0.2, -0.15) is 0 Å². The van der Waals surface area contributed by atoms with Crippen LogP contribution in [0.15, 0.2) is 40.8 Å². The predicted octanol–water partition coefficient (Wildman–Crippen LogP) is 3.83. The smallest absolute Gasteiger partial charge is 0.227 e. The lowest BCUT2D eigenvalue weighted by molar-refractivity contribution is -0.116. The number of amides is 1. The summed E-state index contributed by atoms with van der Waals surface area (Å²) < 4.78 is 0. The van der Waals surface area contributed by atoms with Crippen molar-refractivity contribution in [1.82, 2.24) is 15.6 Å². The number of carbonyl (C=O) groups excluding carboxylic acids is 1. The van der Waals surface area contributed by atoms with Crippen molar-refractivity contribution < 1.29 is 4.79 Å². The van der Waals surface area contributed by atoms with Gasteiger partial charge in [-0.05, 0) is 49.3 Å². The van der Waals surface area contributed by atoms with E-state index >= 15 is 0 Å². The normalized spacial score (nSPS) is 12.0. The van der Waals surface area contributed by atoms with Gasteiger partial charge in [0.05, 0.1) is 0 Å². The highest BCUT2D eigenvalue weighted by Crippen LogP contribution is 2.14. The molecule has 2 heterocycles. The first-order valence-corrected chi connectivity index (χ1v) is 10.2. The third-order valence-electron chi connectivity index (χ3n) is 3.86. The number of nitrogens with one attached hydrogen (secondary N) is 3. The first-order chi connectivity index (χ1) is 13.1. The zero-order valence-corrected chi connectivity index (χ0v) is 19.8. The molecule has 0 fully saturated rings. The topological polar surface area (TPSA) is 78.4 Å². The first kappa shape index (κ1) is 24.4. The molecule has 1 amide bonds. The molecule has 0 saturated heterocycles. The zero-order chi connectivity index (χ0) is 19.5. The highest BCUT2D eigenvalue weighted by Gasteiger charge is 2.07. The molecule has 1 atom stereocenters. The summed E-state index contributed by atoms with van der Waals surface area (Å²) in [6, 6.07) is 7.98. The van der Waals surface area contributed by atoms with Crippen molar-refractivity contribution in [2.75, 3.05) is 25.0 Å². The van der Waals surface area contributed by atoms with Crippen molar-refractivity contribution in [3.63, 3.8) is 0 Å². The third kappa shape index (κ3) is 9.50. The Morgan fingerprint density at radius 1 is 1.29 bits per heavy atom. The Kier molecular flexibility index (Phi) is 11.7. The number of aliphatic imine (C=N–C) groups is 1. The molecule has 0 saturated carbocycles. The molecule has 3 N–H and O–H groups in total. The van der Waals surface area contributed by atoms with Gasteiger partial charge >= 0.3 is 0 Å². The predicted molar refractivity (Wildman–Crippen MR) is 129 cm³/mol. The van der Waals surface area contributed by atoms with E-state index in [2.05, 4.69) is 50.4 Å². The minimum Gasteiger partial charge on any atom is -0.357 e. The van der Waals surface area contributed by atoms with Gasteiger partial charge < -0.3 is 16.0 Å². The number of carbonyl (C=O) groups is 1. The van der Waals surface area contributed by atoms with Crippen molar-refractivity contribution in [2.45, 2.75) is 33.6 Å². The number of guanidine groups is 1. The average Bonchev–Trinajstić information content (AvgIpc) is 3.14. The van der Waals surface area contributed by atoms with Crippen LogP contribution in [-0.4, -0.2) is 36.5 Å².